The van der Waals surface area contributed by atoms with Crippen LogP contribution in [0.4, 0.5) is 11.4 Å². The Labute approximate surface area is 152 Å². The van der Waals surface area contributed by atoms with Gasteiger partial charge in [0.1, 0.15) is 11.8 Å². The van der Waals surface area contributed by atoms with Crippen molar-refractivity contribution in [3.05, 3.63) is 53.6 Å². The van der Waals surface area contributed by atoms with Gasteiger partial charge in [-0.25, -0.2) is 8.42 Å². The van der Waals surface area contributed by atoms with Crippen LogP contribution in [-0.4, -0.2) is 33.7 Å². The lowest BCUT2D eigenvalue weighted by atomic mass is 10.2. The Morgan fingerprint density at radius 3 is 2.40 bits per heavy atom. The van der Waals surface area contributed by atoms with Gasteiger partial charge < -0.3 is 10.1 Å². The van der Waals surface area contributed by atoms with Crippen molar-refractivity contribution in [1.29, 1.82) is 0 Å². The van der Waals surface area contributed by atoms with E-state index < -0.39 is 22.0 Å². The number of amides is 1. The number of para-hydroxylation sites is 1. The first-order valence-corrected chi connectivity index (χ1v) is 9.65. The van der Waals surface area contributed by atoms with Crippen LogP contribution in [0.3, 0.4) is 0 Å². The van der Waals surface area contributed by atoms with E-state index in [-0.39, 0.29) is 5.69 Å². The molecule has 134 valence electrons. The Balaban J connectivity index is 2.41. The Morgan fingerprint density at radius 2 is 1.84 bits per heavy atom. The van der Waals surface area contributed by atoms with Gasteiger partial charge in [0.25, 0.3) is 0 Å². The van der Waals surface area contributed by atoms with E-state index in [2.05, 4.69) is 5.32 Å². The van der Waals surface area contributed by atoms with E-state index in [9.17, 15) is 13.2 Å². The standard InChI is InChI=1S/C17H19ClN2O4S/c1-12(17(21)19-14-7-5-4-6-8-14)20(25(3,22)23)15-11-13(18)9-10-16(15)24-2/h4-12H,1-3H3,(H,19,21). The molecular weight excluding hydrogens is 364 g/mol. The third-order valence-electron chi connectivity index (χ3n) is 3.51. The van der Waals surface area contributed by atoms with Gasteiger partial charge in [0.15, 0.2) is 0 Å². The number of carbonyl (C=O) groups excluding carboxylic acids is 1. The van der Waals surface area contributed by atoms with E-state index >= 15 is 0 Å². The fourth-order valence-electron chi connectivity index (χ4n) is 2.38. The number of nitrogens with zero attached hydrogens (tertiary/aromatic N) is 1. The van der Waals surface area contributed by atoms with Crippen molar-refractivity contribution >= 4 is 38.9 Å². The van der Waals surface area contributed by atoms with Crippen molar-refractivity contribution in [2.75, 3.05) is 23.0 Å². The van der Waals surface area contributed by atoms with Crippen molar-refractivity contribution in [3.8, 4) is 5.75 Å². The highest BCUT2D eigenvalue weighted by Gasteiger charge is 2.31. The summed E-state index contributed by atoms with van der Waals surface area (Å²) in [4.78, 5) is 12.6. The number of hydrogen-bond acceptors (Lipinski definition) is 4. The first-order valence-electron chi connectivity index (χ1n) is 7.43. The molecule has 1 unspecified atom stereocenters. The molecule has 2 rings (SSSR count). The smallest absolute Gasteiger partial charge is 0.247 e. The molecule has 0 aliphatic carbocycles. The Bertz CT molecular complexity index is 856. The zero-order valence-electron chi connectivity index (χ0n) is 14.1. The van der Waals surface area contributed by atoms with Gasteiger partial charge >= 0.3 is 0 Å². The first kappa shape index (κ1) is 19.1. The van der Waals surface area contributed by atoms with Crippen molar-refractivity contribution in [1.82, 2.24) is 0 Å². The number of sulfonamides is 1. The van der Waals surface area contributed by atoms with Gasteiger partial charge in [0.2, 0.25) is 15.9 Å². The van der Waals surface area contributed by atoms with E-state index in [1.165, 1.54) is 20.1 Å². The predicted octanol–water partition coefficient (Wildman–Crippen LogP) is 3.14. The zero-order valence-corrected chi connectivity index (χ0v) is 15.6. The number of nitrogens with one attached hydrogen (secondary N) is 1. The third-order valence-corrected chi connectivity index (χ3v) is 4.97. The number of ether oxygens (including phenoxy) is 1. The van der Waals surface area contributed by atoms with Crippen molar-refractivity contribution < 1.29 is 17.9 Å². The number of methoxy groups -OCH3 is 1. The highest BCUT2D eigenvalue weighted by molar-refractivity contribution is 7.92. The molecule has 0 saturated heterocycles. The Kier molecular flexibility index (Phi) is 5.92. The van der Waals surface area contributed by atoms with Crippen LogP contribution in [0, 0.1) is 0 Å². The molecule has 0 aliphatic rings. The number of carbonyl (C=O) groups is 1. The second kappa shape index (κ2) is 7.76. The quantitative estimate of drug-likeness (QED) is 0.832. The molecule has 0 fully saturated rings. The molecule has 2 aromatic rings. The molecule has 1 N–H and O–H groups in total. The number of halogens is 1. The van der Waals surface area contributed by atoms with Gasteiger partial charge in [-0.1, -0.05) is 29.8 Å². The van der Waals surface area contributed by atoms with E-state index in [0.717, 1.165) is 10.6 Å². The number of benzene rings is 2. The van der Waals surface area contributed by atoms with Gasteiger partial charge in [-0.2, -0.15) is 0 Å². The maximum Gasteiger partial charge on any atom is 0.247 e. The predicted molar refractivity (Wildman–Crippen MR) is 99.9 cm³/mol. The summed E-state index contributed by atoms with van der Waals surface area (Å²) in [5.41, 5.74) is 0.777. The van der Waals surface area contributed by atoms with E-state index in [4.69, 9.17) is 16.3 Å². The molecule has 0 aromatic heterocycles. The highest BCUT2D eigenvalue weighted by atomic mass is 35.5. The summed E-state index contributed by atoms with van der Waals surface area (Å²) >= 11 is 6.00. The molecule has 1 atom stereocenters. The van der Waals surface area contributed by atoms with Crippen molar-refractivity contribution in [2.45, 2.75) is 13.0 Å². The van der Waals surface area contributed by atoms with Gasteiger partial charge in [-0.15, -0.1) is 0 Å². The summed E-state index contributed by atoms with van der Waals surface area (Å²) in [5.74, 6) is -0.173. The summed E-state index contributed by atoms with van der Waals surface area (Å²) in [5, 5.41) is 3.03. The van der Waals surface area contributed by atoms with Gasteiger partial charge in [-0.3, -0.25) is 9.10 Å². The van der Waals surface area contributed by atoms with Crippen LogP contribution < -0.4 is 14.4 Å². The highest BCUT2D eigenvalue weighted by Crippen LogP contribution is 2.34. The molecule has 6 nitrogen and oxygen atoms in total. The van der Waals surface area contributed by atoms with Crippen LogP contribution >= 0.6 is 11.6 Å². The van der Waals surface area contributed by atoms with Crippen molar-refractivity contribution in [2.24, 2.45) is 0 Å². The monoisotopic (exact) mass is 382 g/mol. The maximum absolute atomic E-state index is 12.6. The average molecular weight is 383 g/mol. The van der Waals surface area contributed by atoms with Crippen molar-refractivity contribution in [3.63, 3.8) is 0 Å². The van der Waals surface area contributed by atoms with Crippen LogP contribution in [-0.2, 0) is 14.8 Å². The fourth-order valence-corrected chi connectivity index (χ4v) is 3.72. The van der Waals surface area contributed by atoms with E-state index in [1.54, 1.807) is 36.4 Å². The molecule has 0 aliphatic heterocycles. The Morgan fingerprint density at radius 1 is 1.20 bits per heavy atom. The van der Waals surface area contributed by atoms with E-state index in [0.29, 0.717) is 16.5 Å². The van der Waals surface area contributed by atoms with Crippen LogP contribution in [0.25, 0.3) is 0 Å². The minimum atomic E-state index is -3.77. The minimum absolute atomic E-state index is 0.202. The van der Waals surface area contributed by atoms with Crippen LogP contribution in [0.2, 0.25) is 5.02 Å². The Hall–Kier alpha value is -2.25. The SMILES string of the molecule is COc1ccc(Cl)cc1N(C(C)C(=O)Nc1ccccc1)S(C)(=O)=O. The molecule has 0 bridgehead atoms. The summed E-state index contributed by atoms with van der Waals surface area (Å²) in [6.45, 7) is 1.50. The second-order valence-corrected chi connectivity index (χ2v) is 7.70. The lowest BCUT2D eigenvalue weighted by Gasteiger charge is -2.29. The number of anilines is 2. The minimum Gasteiger partial charge on any atom is -0.495 e. The van der Waals surface area contributed by atoms with Crippen LogP contribution in [0.15, 0.2) is 48.5 Å². The summed E-state index contributed by atoms with van der Waals surface area (Å²) in [6, 6.07) is 12.4. The topological polar surface area (TPSA) is 75.7 Å². The zero-order chi connectivity index (χ0) is 18.6. The second-order valence-electron chi connectivity index (χ2n) is 5.41. The normalized spacial score (nSPS) is 12.3. The van der Waals surface area contributed by atoms with Gasteiger partial charge in [-0.05, 0) is 37.3 Å². The third kappa shape index (κ3) is 4.64. The number of rotatable bonds is 6. The van der Waals surface area contributed by atoms with E-state index in [1.807, 2.05) is 6.07 Å². The maximum atomic E-state index is 12.6. The van der Waals surface area contributed by atoms with Crippen LogP contribution in [0.5, 0.6) is 5.75 Å². The van der Waals surface area contributed by atoms with Crippen LogP contribution in [0.1, 0.15) is 6.92 Å². The van der Waals surface area contributed by atoms with Gasteiger partial charge in [0.05, 0.1) is 19.1 Å². The largest absolute Gasteiger partial charge is 0.495 e. The first-order chi connectivity index (χ1) is 11.7. The molecular formula is C17H19ClN2O4S. The molecule has 0 radical (unpaired) electrons. The fraction of sp³-hybridized carbons (Fsp3) is 0.235. The lowest BCUT2D eigenvalue weighted by Crippen LogP contribution is -2.45. The summed E-state index contributed by atoms with van der Waals surface area (Å²) in [6.07, 6.45) is 1.03. The molecule has 0 saturated carbocycles. The average Bonchev–Trinajstić information content (AvgIpc) is 2.55. The summed E-state index contributed by atoms with van der Waals surface area (Å²) in [7, 11) is -2.35. The van der Waals surface area contributed by atoms with Gasteiger partial charge in [0, 0.05) is 10.7 Å². The number of hydrogen-bond donors (Lipinski definition) is 1. The molecule has 0 spiro atoms. The lowest BCUT2D eigenvalue weighted by molar-refractivity contribution is -0.116. The molecule has 0 heterocycles. The molecule has 2 aromatic carbocycles. The summed E-state index contributed by atoms with van der Waals surface area (Å²) < 4.78 is 30.9. The molecule has 25 heavy (non-hydrogen) atoms. The molecule has 1 amide bonds. The molecule has 8 heteroatoms.